The zero-order valence-corrected chi connectivity index (χ0v) is 16.3. The maximum Gasteiger partial charge on any atom is 0.230 e. The molecular weight excluding hydrogens is 328 g/mol. The second kappa shape index (κ2) is 10.2. The molecule has 6 heteroatoms. The number of hydrogen-bond donors (Lipinski definition) is 2. The zero-order valence-electron chi connectivity index (χ0n) is 16.3. The molecule has 1 aromatic rings. The highest BCUT2D eigenvalue weighted by Crippen LogP contribution is 2.38. The molecule has 1 amide bonds. The molecule has 1 saturated carbocycles. The summed E-state index contributed by atoms with van der Waals surface area (Å²) in [6.07, 6.45) is 4.10. The summed E-state index contributed by atoms with van der Waals surface area (Å²) in [6, 6.07) is 10.1. The maximum absolute atomic E-state index is 12.6. The normalized spacial score (nSPS) is 16.3. The Morgan fingerprint density at radius 3 is 2.50 bits per heavy atom. The van der Waals surface area contributed by atoms with Crippen LogP contribution in [0, 0.1) is 5.41 Å². The first-order chi connectivity index (χ1) is 12.6. The van der Waals surface area contributed by atoms with Gasteiger partial charge in [-0.1, -0.05) is 43.2 Å². The molecule has 1 aliphatic carbocycles. The third-order valence-corrected chi connectivity index (χ3v) is 4.89. The average molecular weight is 361 g/mol. The fourth-order valence-corrected chi connectivity index (χ4v) is 3.47. The van der Waals surface area contributed by atoms with E-state index >= 15 is 0 Å². The molecule has 0 saturated heterocycles. The molecule has 1 fully saturated rings. The summed E-state index contributed by atoms with van der Waals surface area (Å²) in [5, 5.41) is 6.59. The van der Waals surface area contributed by atoms with Crippen molar-refractivity contribution < 1.29 is 9.53 Å². The number of guanidine groups is 1. The predicted molar refractivity (Wildman–Crippen MR) is 105 cm³/mol. The lowest BCUT2D eigenvalue weighted by Crippen LogP contribution is -2.49. The summed E-state index contributed by atoms with van der Waals surface area (Å²) in [6.45, 7) is 2.49. The molecule has 0 unspecified atom stereocenters. The largest absolute Gasteiger partial charge is 0.375 e. The highest BCUT2D eigenvalue weighted by molar-refractivity contribution is 5.85. The van der Waals surface area contributed by atoms with E-state index in [0.29, 0.717) is 32.3 Å². The van der Waals surface area contributed by atoms with E-state index in [2.05, 4.69) is 27.8 Å². The molecule has 0 aromatic heterocycles. The Morgan fingerprint density at radius 2 is 1.88 bits per heavy atom. The minimum absolute atomic E-state index is 0.212. The van der Waals surface area contributed by atoms with E-state index in [4.69, 9.17) is 4.74 Å². The van der Waals surface area contributed by atoms with Crippen molar-refractivity contribution in [2.45, 2.75) is 32.3 Å². The Bertz CT molecular complexity index is 581. The van der Waals surface area contributed by atoms with Crippen molar-refractivity contribution in [2.24, 2.45) is 10.4 Å². The Labute approximate surface area is 157 Å². The van der Waals surface area contributed by atoms with Crippen molar-refractivity contribution >= 4 is 11.9 Å². The molecule has 1 aliphatic rings. The quantitative estimate of drug-likeness (QED) is 0.423. The summed E-state index contributed by atoms with van der Waals surface area (Å²) < 4.78 is 5.68. The van der Waals surface area contributed by atoms with Crippen LogP contribution in [0.1, 0.15) is 31.2 Å². The zero-order chi connectivity index (χ0) is 18.8. The number of nitrogens with zero attached hydrogens (tertiary/aromatic N) is 2. The van der Waals surface area contributed by atoms with Crippen molar-refractivity contribution in [3.8, 4) is 0 Å². The van der Waals surface area contributed by atoms with Crippen LogP contribution in [0.2, 0.25) is 0 Å². The maximum atomic E-state index is 12.6. The van der Waals surface area contributed by atoms with Crippen LogP contribution in [-0.2, 0) is 16.1 Å². The van der Waals surface area contributed by atoms with E-state index in [1.165, 1.54) is 5.56 Å². The standard InChI is InChI=1S/C20H32N4O2/c1-21-19(22-13-14-26-15-17-9-5-4-6-10-17)23-16-20(11-7-8-12-20)18(25)24(2)3/h4-6,9-10H,7-8,11-16H2,1-3H3,(H2,21,22,23). The predicted octanol–water partition coefficient (Wildman–Crippen LogP) is 2.02. The molecular formula is C20H32N4O2. The first kappa shape index (κ1) is 20.2. The van der Waals surface area contributed by atoms with Gasteiger partial charge < -0.3 is 20.3 Å². The van der Waals surface area contributed by atoms with Crippen molar-refractivity contribution in [2.75, 3.05) is 40.8 Å². The summed E-state index contributed by atoms with van der Waals surface area (Å²) in [5.41, 5.74) is 0.866. The van der Waals surface area contributed by atoms with Gasteiger partial charge in [0.15, 0.2) is 5.96 Å². The van der Waals surface area contributed by atoms with Gasteiger partial charge >= 0.3 is 0 Å². The van der Waals surface area contributed by atoms with E-state index in [1.807, 2.05) is 32.3 Å². The van der Waals surface area contributed by atoms with Crippen molar-refractivity contribution in [3.05, 3.63) is 35.9 Å². The molecule has 6 nitrogen and oxygen atoms in total. The topological polar surface area (TPSA) is 66.0 Å². The van der Waals surface area contributed by atoms with Crippen LogP contribution in [0.4, 0.5) is 0 Å². The molecule has 144 valence electrons. The SMILES string of the molecule is CN=C(NCCOCc1ccccc1)NCC1(C(=O)N(C)C)CCCC1. The number of nitrogens with one attached hydrogen (secondary N) is 2. The van der Waals surface area contributed by atoms with E-state index in [1.54, 1.807) is 11.9 Å². The Kier molecular flexibility index (Phi) is 7.91. The van der Waals surface area contributed by atoms with Gasteiger partial charge in [-0.05, 0) is 18.4 Å². The molecule has 0 spiro atoms. The van der Waals surface area contributed by atoms with Crippen molar-refractivity contribution in [1.82, 2.24) is 15.5 Å². The first-order valence-electron chi connectivity index (χ1n) is 9.35. The summed E-state index contributed by atoms with van der Waals surface area (Å²) >= 11 is 0. The third kappa shape index (κ3) is 5.73. The van der Waals surface area contributed by atoms with Gasteiger partial charge in [0.2, 0.25) is 5.91 Å². The van der Waals surface area contributed by atoms with Crippen LogP contribution >= 0.6 is 0 Å². The molecule has 2 rings (SSSR count). The number of carbonyl (C=O) groups is 1. The fraction of sp³-hybridized carbons (Fsp3) is 0.600. The van der Waals surface area contributed by atoms with E-state index in [9.17, 15) is 4.79 Å². The van der Waals surface area contributed by atoms with E-state index in [0.717, 1.165) is 25.7 Å². The molecule has 0 aliphatic heterocycles. The number of amides is 1. The minimum atomic E-state index is -0.301. The average Bonchev–Trinajstić information content (AvgIpc) is 3.14. The lowest BCUT2D eigenvalue weighted by atomic mass is 9.84. The van der Waals surface area contributed by atoms with Gasteiger partial charge in [-0.25, -0.2) is 0 Å². The number of hydrogen-bond acceptors (Lipinski definition) is 3. The van der Waals surface area contributed by atoms with Crippen LogP contribution < -0.4 is 10.6 Å². The lowest BCUT2D eigenvalue weighted by molar-refractivity contribution is -0.138. The summed E-state index contributed by atoms with van der Waals surface area (Å²) in [5.74, 6) is 0.926. The van der Waals surface area contributed by atoms with Crippen LogP contribution in [0.5, 0.6) is 0 Å². The monoisotopic (exact) mass is 360 g/mol. The highest BCUT2D eigenvalue weighted by atomic mass is 16.5. The number of carbonyl (C=O) groups excluding carboxylic acids is 1. The second-order valence-corrected chi connectivity index (χ2v) is 7.08. The molecule has 0 atom stereocenters. The van der Waals surface area contributed by atoms with Crippen molar-refractivity contribution in [3.63, 3.8) is 0 Å². The van der Waals surface area contributed by atoms with Gasteiger partial charge in [-0.2, -0.15) is 0 Å². The van der Waals surface area contributed by atoms with E-state index in [-0.39, 0.29) is 11.3 Å². The van der Waals surface area contributed by atoms with Gasteiger partial charge in [0.25, 0.3) is 0 Å². The number of ether oxygens (including phenoxy) is 1. The smallest absolute Gasteiger partial charge is 0.230 e. The molecule has 0 radical (unpaired) electrons. The van der Waals surface area contributed by atoms with Crippen LogP contribution in [-0.4, -0.2) is 57.6 Å². The first-order valence-corrected chi connectivity index (χ1v) is 9.35. The van der Waals surface area contributed by atoms with Gasteiger partial charge in [0.05, 0.1) is 18.6 Å². The molecule has 1 aromatic carbocycles. The van der Waals surface area contributed by atoms with E-state index < -0.39 is 0 Å². The number of benzene rings is 1. The minimum Gasteiger partial charge on any atom is -0.375 e. The molecule has 0 heterocycles. The van der Waals surface area contributed by atoms with Gasteiger partial charge in [-0.15, -0.1) is 0 Å². The van der Waals surface area contributed by atoms with Crippen LogP contribution in [0.25, 0.3) is 0 Å². The van der Waals surface area contributed by atoms with Gasteiger partial charge in [0.1, 0.15) is 0 Å². The molecule has 26 heavy (non-hydrogen) atoms. The van der Waals surface area contributed by atoms with Gasteiger partial charge in [0, 0.05) is 34.2 Å². The third-order valence-electron chi connectivity index (χ3n) is 4.89. The van der Waals surface area contributed by atoms with Crippen molar-refractivity contribution in [1.29, 1.82) is 0 Å². The van der Waals surface area contributed by atoms with Crippen LogP contribution in [0.3, 0.4) is 0 Å². The highest BCUT2D eigenvalue weighted by Gasteiger charge is 2.42. The number of aliphatic imine (C=N–C) groups is 1. The Morgan fingerprint density at radius 1 is 1.19 bits per heavy atom. The Balaban J connectivity index is 1.72. The Hall–Kier alpha value is -2.08. The lowest BCUT2D eigenvalue weighted by Gasteiger charge is -2.31. The molecule has 0 bridgehead atoms. The second-order valence-electron chi connectivity index (χ2n) is 7.08. The van der Waals surface area contributed by atoms with Gasteiger partial charge in [-0.3, -0.25) is 9.79 Å². The summed E-state index contributed by atoms with van der Waals surface area (Å²) in [7, 11) is 5.41. The fourth-order valence-electron chi connectivity index (χ4n) is 3.47. The summed E-state index contributed by atoms with van der Waals surface area (Å²) in [4.78, 5) is 18.6. The molecule has 2 N–H and O–H groups in total. The van der Waals surface area contributed by atoms with Crippen LogP contribution in [0.15, 0.2) is 35.3 Å². The number of rotatable bonds is 8.